The molecule has 27 heavy (non-hydrogen) atoms. The van der Waals surface area contributed by atoms with Gasteiger partial charge in [-0.15, -0.1) is 0 Å². The summed E-state index contributed by atoms with van der Waals surface area (Å²) in [6.45, 7) is 1.36. The first-order chi connectivity index (χ1) is 12.7. The molecule has 154 valence electrons. The highest BCUT2D eigenvalue weighted by Gasteiger charge is 2.54. The minimum absolute atomic E-state index is 0.270. The van der Waals surface area contributed by atoms with E-state index < -0.39 is 54.5 Å². The monoisotopic (exact) mass is 390 g/mol. The molecule has 0 aromatic heterocycles. The van der Waals surface area contributed by atoms with Gasteiger partial charge in [-0.3, -0.25) is 0 Å². The highest BCUT2D eigenvalue weighted by molar-refractivity contribution is 5.89. The summed E-state index contributed by atoms with van der Waals surface area (Å²) in [4.78, 5) is 12.0. The first-order valence-electron chi connectivity index (χ1n) is 8.83. The van der Waals surface area contributed by atoms with Gasteiger partial charge in [0.05, 0.1) is 37.1 Å². The summed E-state index contributed by atoms with van der Waals surface area (Å²) in [6, 6.07) is 0. The van der Waals surface area contributed by atoms with E-state index in [9.17, 15) is 30.3 Å². The molecule has 1 saturated carbocycles. The topological polar surface area (TPSA) is 155 Å². The summed E-state index contributed by atoms with van der Waals surface area (Å²) < 4.78 is 21.0. The Hall–Kier alpha value is -1.27. The average molecular weight is 390 g/mol. The van der Waals surface area contributed by atoms with E-state index >= 15 is 0 Å². The van der Waals surface area contributed by atoms with E-state index in [1.54, 1.807) is 6.92 Å². The molecule has 5 N–H and O–H groups in total. The van der Waals surface area contributed by atoms with E-state index in [0.717, 1.165) is 0 Å². The number of aliphatic hydroxyl groups excluding tert-OH is 4. The quantitative estimate of drug-likeness (QED) is 0.340. The molecular weight excluding hydrogens is 364 g/mol. The van der Waals surface area contributed by atoms with Crippen molar-refractivity contribution in [3.05, 3.63) is 11.8 Å². The Balaban J connectivity index is 1.71. The summed E-state index contributed by atoms with van der Waals surface area (Å²) >= 11 is 0. The smallest absolute Gasteiger partial charge is 0.337 e. The van der Waals surface area contributed by atoms with Gasteiger partial charge in [0, 0.05) is 5.92 Å². The normalized spacial score (nSPS) is 47.0. The van der Waals surface area contributed by atoms with E-state index in [-0.39, 0.29) is 12.5 Å². The Labute approximate surface area is 155 Å². The second-order valence-electron chi connectivity index (χ2n) is 7.47. The van der Waals surface area contributed by atoms with Gasteiger partial charge in [-0.1, -0.05) is 0 Å². The number of carbonyl (C=O) groups is 1. The fourth-order valence-corrected chi connectivity index (χ4v) is 4.09. The molecule has 0 aromatic carbocycles. The van der Waals surface area contributed by atoms with Gasteiger partial charge in [0.2, 0.25) is 6.29 Å². The number of fused-ring (bicyclic) bond motifs is 1. The number of ether oxygens (including phenoxy) is 4. The van der Waals surface area contributed by atoms with Crippen LogP contribution in [0.25, 0.3) is 0 Å². The third kappa shape index (κ3) is 3.70. The maximum absolute atomic E-state index is 12.0. The first-order valence-corrected chi connectivity index (χ1v) is 8.83. The maximum atomic E-state index is 12.0. The zero-order valence-electron chi connectivity index (χ0n) is 15.1. The second-order valence-corrected chi connectivity index (χ2v) is 7.47. The van der Waals surface area contributed by atoms with Crippen molar-refractivity contribution in [1.82, 2.24) is 0 Å². The van der Waals surface area contributed by atoms with Crippen LogP contribution in [0.2, 0.25) is 0 Å². The molecular formula is C17H26O10. The van der Waals surface area contributed by atoms with Crippen molar-refractivity contribution in [2.45, 2.75) is 62.4 Å². The van der Waals surface area contributed by atoms with E-state index in [1.165, 1.54) is 13.4 Å². The zero-order chi connectivity index (χ0) is 19.9. The molecule has 3 aliphatic rings. The van der Waals surface area contributed by atoms with Crippen LogP contribution in [0.1, 0.15) is 19.8 Å². The van der Waals surface area contributed by atoms with Gasteiger partial charge in [0.25, 0.3) is 0 Å². The Kier molecular flexibility index (Phi) is 5.78. The van der Waals surface area contributed by atoms with Crippen molar-refractivity contribution < 1.29 is 49.3 Å². The number of carbonyl (C=O) groups excluding carboxylic acids is 1. The Bertz CT molecular complexity index is 590. The summed E-state index contributed by atoms with van der Waals surface area (Å²) in [5, 5.41) is 49.6. The van der Waals surface area contributed by atoms with Gasteiger partial charge in [0.1, 0.15) is 24.4 Å². The summed E-state index contributed by atoms with van der Waals surface area (Å²) in [6.07, 6.45) is -6.18. The minimum atomic E-state index is -1.67. The summed E-state index contributed by atoms with van der Waals surface area (Å²) in [5.74, 6) is -1.41. The van der Waals surface area contributed by atoms with Gasteiger partial charge in [-0.2, -0.15) is 0 Å². The molecule has 1 aliphatic carbocycles. The van der Waals surface area contributed by atoms with Crippen LogP contribution in [-0.4, -0.2) is 87.8 Å². The van der Waals surface area contributed by atoms with Crippen LogP contribution in [0.5, 0.6) is 0 Å². The maximum Gasteiger partial charge on any atom is 0.337 e. The predicted molar refractivity (Wildman–Crippen MR) is 86.7 cm³/mol. The number of aliphatic hydroxyl groups is 5. The van der Waals surface area contributed by atoms with Crippen LogP contribution in [0.15, 0.2) is 11.8 Å². The van der Waals surface area contributed by atoms with Gasteiger partial charge in [-0.25, -0.2) is 4.79 Å². The molecule has 0 spiro atoms. The summed E-state index contributed by atoms with van der Waals surface area (Å²) in [5.41, 5.74) is -0.826. The molecule has 2 fully saturated rings. The van der Waals surface area contributed by atoms with Gasteiger partial charge in [-0.05, 0) is 19.8 Å². The van der Waals surface area contributed by atoms with Crippen LogP contribution < -0.4 is 0 Å². The predicted octanol–water partition coefficient (Wildman–Crippen LogP) is -2.01. The van der Waals surface area contributed by atoms with Crippen molar-refractivity contribution in [1.29, 1.82) is 0 Å². The Morgan fingerprint density at radius 3 is 2.63 bits per heavy atom. The lowest BCUT2D eigenvalue weighted by atomic mass is 9.81. The molecule has 9 atom stereocenters. The van der Waals surface area contributed by atoms with Crippen LogP contribution in [0, 0.1) is 11.8 Å². The van der Waals surface area contributed by atoms with Crippen molar-refractivity contribution in [2.24, 2.45) is 11.8 Å². The van der Waals surface area contributed by atoms with Gasteiger partial charge >= 0.3 is 5.97 Å². The van der Waals surface area contributed by atoms with Crippen molar-refractivity contribution >= 4 is 5.97 Å². The molecule has 0 bridgehead atoms. The number of hydrogen-bond acceptors (Lipinski definition) is 10. The standard InChI is InChI=1S/C17H26O10/c1-17(23)4-3-7-8(14(21)24-2)5-25-16(10(7)17)26-6-9-11(18)12(19)13(20)15(22)27-9/h5,7,9-13,15-16,18-20,22-23H,3-4,6H2,1-2H3/t7-,9-,10-,11-,12+,13-,15-,16+,17+/m1/s1. The SMILES string of the molecule is COC(=O)C1=CO[C@@H](OC[C@H]2O[C@@H](O)[C@H](O)[C@@H](O)[C@@H]2O)[C@H]2[C@@H]1CC[C@]2(C)O. The lowest BCUT2D eigenvalue weighted by Crippen LogP contribution is -2.59. The molecule has 1 saturated heterocycles. The van der Waals surface area contributed by atoms with Crippen LogP contribution in [0.4, 0.5) is 0 Å². The molecule has 0 aromatic rings. The Morgan fingerprint density at radius 1 is 1.26 bits per heavy atom. The van der Waals surface area contributed by atoms with Crippen LogP contribution in [-0.2, 0) is 23.7 Å². The fourth-order valence-electron chi connectivity index (χ4n) is 4.09. The highest BCUT2D eigenvalue weighted by atomic mass is 16.7. The highest BCUT2D eigenvalue weighted by Crippen LogP contribution is 2.49. The summed E-state index contributed by atoms with van der Waals surface area (Å²) in [7, 11) is 1.26. The molecule has 10 nitrogen and oxygen atoms in total. The molecule has 10 heteroatoms. The molecule has 0 amide bonds. The fraction of sp³-hybridized carbons (Fsp3) is 0.824. The largest absolute Gasteiger partial charge is 0.472 e. The lowest BCUT2D eigenvalue weighted by Gasteiger charge is -2.41. The second kappa shape index (κ2) is 7.63. The third-order valence-electron chi connectivity index (χ3n) is 5.67. The lowest BCUT2D eigenvalue weighted by molar-refractivity contribution is -0.299. The number of esters is 1. The van der Waals surface area contributed by atoms with Crippen LogP contribution >= 0.6 is 0 Å². The van der Waals surface area contributed by atoms with E-state index in [4.69, 9.17) is 18.9 Å². The van der Waals surface area contributed by atoms with E-state index in [1.807, 2.05) is 0 Å². The molecule has 2 aliphatic heterocycles. The minimum Gasteiger partial charge on any atom is -0.472 e. The number of hydrogen-bond donors (Lipinski definition) is 5. The van der Waals surface area contributed by atoms with E-state index in [0.29, 0.717) is 18.4 Å². The molecule has 0 unspecified atom stereocenters. The zero-order valence-corrected chi connectivity index (χ0v) is 15.1. The third-order valence-corrected chi connectivity index (χ3v) is 5.67. The van der Waals surface area contributed by atoms with Crippen LogP contribution in [0.3, 0.4) is 0 Å². The number of rotatable bonds is 4. The van der Waals surface area contributed by atoms with Gasteiger partial charge < -0.3 is 44.5 Å². The van der Waals surface area contributed by atoms with E-state index in [2.05, 4.69) is 0 Å². The van der Waals surface area contributed by atoms with Crippen molar-refractivity contribution in [3.63, 3.8) is 0 Å². The Morgan fingerprint density at radius 2 is 1.96 bits per heavy atom. The molecule has 2 heterocycles. The average Bonchev–Trinajstić information content (AvgIpc) is 2.97. The van der Waals surface area contributed by atoms with Crippen molar-refractivity contribution in [2.75, 3.05) is 13.7 Å². The number of methoxy groups -OCH3 is 1. The molecule has 0 radical (unpaired) electrons. The molecule has 3 rings (SSSR count). The first kappa shape index (κ1) is 20.5. The van der Waals surface area contributed by atoms with Gasteiger partial charge in [0.15, 0.2) is 6.29 Å². The van der Waals surface area contributed by atoms with Crippen molar-refractivity contribution in [3.8, 4) is 0 Å².